The second kappa shape index (κ2) is 13.5. The number of rotatable bonds is 5. The Morgan fingerprint density at radius 3 is 1.69 bits per heavy atom. The Labute approximate surface area is 363 Å². The molecule has 2 heteroatoms. The van der Waals surface area contributed by atoms with Crippen LogP contribution >= 0.6 is 0 Å². The number of benzene rings is 9. The van der Waals surface area contributed by atoms with Crippen molar-refractivity contribution in [2.75, 3.05) is 0 Å². The van der Waals surface area contributed by atoms with Crippen LogP contribution in [0, 0.1) is 0 Å². The third kappa shape index (κ3) is 5.49. The third-order valence-electron chi connectivity index (χ3n) is 13.9. The smallest absolute Gasteiger partial charge is 0.160 e. The van der Waals surface area contributed by atoms with Gasteiger partial charge in [0.25, 0.3) is 0 Å². The lowest BCUT2D eigenvalue weighted by Crippen LogP contribution is -2.15. The molecule has 0 fully saturated rings. The van der Waals surface area contributed by atoms with E-state index in [4.69, 9.17) is 9.97 Å². The van der Waals surface area contributed by atoms with Crippen LogP contribution in [0.1, 0.15) is 49.9 Å². The van der Waals surface area contributed by atoms with E-state index in [9.17, 15) is 0 Å². The molecular formula is C60H44N2. The topological polar surface area (TPSA) is 25.8 Å². The lowest BCUT2D eigenvalue weighted by atomic mass is 9.80. The van der Waals surface area contributed by atoms with Crippen molar-refractivity contribution < 1.29 is 0 Å². The maximum absolute atomic E-state index is 5.25. The van der Waals surface area contributed by atoms with E-state index < -0.39 is 0 Å². The molecule has 62 heavy (non-hydrogen) atoms. The maximum atomic E-state index is 5.25. The summed E-state index contributed by atoms with van der Waals surface area (Å²) >= 11 is 0. The summed E-state index contributed by atoms with van der Waals surface area (Å²) < 4.78 is 0. The van der Waals surface area contributed by atoms with Crippen LogP contribution in [-0.4, -0.2) is 9.97 Å². The van der Waals surface area contributed by atoms with Gasteiger partial charge >= 0.3 is 0 Å². The molecule has 10 aromatic rings. The number of hydrogen-bond donors (Lipinski definition) is 0. The number of nitrogens with zero attached hydrogens (tertiary/aromatic N) is 2. The van der Waals surface area contributed by atoms with Crippen LogP contribution in [0.25, 0.3) is 100.0 Å². The molecule has 0 atom stereocenters. The van der Waals surface area contributed by atoms with Crippen LogP contribution in [-0.2, 0) is 10.8 Å². The highest BCUT2D eigenvalue weighted by atomic mass is 14.9. The Morgan fingerprint density at radius 2 is 0.887 bits per heavy atom. The lowest BCUT2D eigenvalue weighted by Gasteiger charge is -2.23. The highest BCUT2D eigenvalue weighted by molar-refractivity contribution is 6.09. The van der Waals surface area contributed by atoms with E-state index in [0.29, 0.717) is 5.82 Å². The van der Waals surface area contributed by atoms with Crippen LogP contribution in [0.3, 0.4) is 0 Å². The maximum Gasteiger partial charge on any atom is 0.160 e. The first-order valence-electron chi connectivity index (χ1n) is 21.7. The van der Waals surface area contributed by atoms with Crippen LogP contribution in [0.15, 0.2) is 194 Å². The summed E-state index contributed by atoms with van der Waals surface area (Å²) in [7, 11) is 0. The largest absolute Gasteiger partial charge is 0.228 e. The van der Waals surface area contributed by atoms with Crippen molar-refractivity contribution in [1.82, 2.24) is 9.97 Å². The van der Waals surface area contributed by atoms with Crippen molar-refractivity contribution in [3.63, 3.8) is 0 Å². The van der Waals surface area contributed by atoms with Gasteiger partial charge < -0.3 is 0 Å². The first-order valence-corrected chi connectivity index (χ1v) is 21.7. The molecule has 1 aromatic heterocycles. The standard InChI is InChI=1S/C60H44N2/c1-59(2)50-26-13-12-24-47(50)57-46-23-11-10-22-45(46)48(35-53(57)59)42-20-14-21-43(32-42)55-36-54(61-58(62-55)39-16-6-5-7-17-39)38-30-28-37(29-31-38)44-25-15-27-51-56(44)49-33-40-18-8-9-19-41(40)34-52(49)60(51,3)4/h5-36H,1-4H3. The average molecular weight is 793 g/mol. The minimum atomic E-state index is -0.111. The van der Waals surface area contributed by atoms with E-state index in [0.717, 1.165) is 28.1 Å². The predicted molar refractivity (Wildman–Crippen MR) is 259 cm³/mol. The van der Waals surface area contributed by atoms with Crippen molar-refractivity contribution in [1.29, 1.82) is 0 Å². The van der Waals surface area contributed by atoms with Gasteiger partial charge in [-0.15, -0.1) is 0 Å². The predicted octanol–water partition coefficient (Wildman–Crippen LogP) is 15.7. The third-order valence-corrected chi connectivity index (χ3v) is 13.9. The fourth-order valence-corrected chi connectivity index (χ4v) is 10.6. The van der Waals surface area contributed by atoms with Gasteiger partial charge in [-0.3, -0.25) is 0 Å². The first kappa shape index (κ1) is 36.4. The van der Waals surface area contributed by atoms with E-state index in [1.807, 2.05) is 6.07 Å². The molecular weight excluding hydrogens is 749 g/mol. The molecule has 2 aliphatic carbocycles. The van der Waals surface area contributed by atoms with Gasteiger partial charge in [-0.05, 0) is 119 Å². The molecule has 0 radical (unpaired) electrons. The second-order valence-corrected chi connectivity index (χ2v) is 18.1. The summed E-state index contributed by atoms with van der Waals surface area (Å²) in [5.74, 6) is 0.710. The summed E-state index contributed by atoms with van der Waals surface area (Å²) in [6.45, 7) is 9.44. The summed E-state index contributed by atoms with van der Waals surface area (Å²) in [6.07, 6.45) is 0. The van der Waals surface area contributed by atoms with Crippen molar-refractivity contribution in [3.8, 4) is 78.4 Å². The normalized spacial score (nSPS) is 14.1. The highest BCUT2D eigenvalue weighted by Gasteiger charge is 2.38. The van der Waals surface area contributed by atoms with E-state index in [-0.39, 0.29) is 10.8 Å². The second-order valence-electron chi connectivity index (χ2n) is 18.1. The molecule has 294 valence electrons. The molecule has 0 amide bonds. The average Bonchev–Trinajstić information content (AvgIpc) is 3.69. The van der Waals surface area contributed by atoms with E-state index in [1.165, 1.54) is 88.3 Å². The Morgan fingerprint density at radius 1 is 0.306 bits per heavy atom. The van der Waals surface area contributed by atoms with Crippen molar-refractivity contribution >= 4 is 21.5 Å². The molecule has 0 spiro atoms. The van der Waals surface area contributed by atoms with Gasteiger partial charge in [0.2, 0.25) is 0 Å². The van der Waals surface area contributed by atoms with Crippen LogP contribution < -0.4 is 0 Å². The summed E-state index contributed by atoms with van der Waals surface area (Å²) in [5, 5.41) is 5.11. The van der Waals surface area contributed by atoms with Crippen LogP contribution in [0.4, 0.5) is 0 Å². The van der Waals surface area contributed by atoms with E-state index >= 15 is 0 Å². The van der Waals surface area contributed by atoms with Crippen molar-refractivity contribution in [3.05, 3.63) is 216 Å². The van der Waals surface area contributed by atoms with Gasteiger partial charge in [-0.2, -0.15) is 0 Å². The molecule has 0 unspecified atom stereocenters. The highest BCUT2D eigenvalue weighted by Crippen LogP contribution is 2.55. The van der Waals surface area contributed by atoms with Gasteiger partial charge in [0.15, 0.2) is 5.82 Å². The number of fused-ring (bicyclic) bond motifs is 9. The Bertz CT molecular complexity index is 3450. The Balaban J connectivity index is 0.967. The quantitative estimate of drug-likeness (QED) is 0.173. The van der Waals surface area contributed by atoms with E-state index in [2.05, 4.69) is 216 Å². The van der Waals surface area contributed by atoms with Gasteiger partial charge in [0.1, 0.15) is 0 Å². The van der Waals surface area contributed by atoms with Gasteiger partial charge in [0, 0.05) is 27.5 Å². The zero-order valence-electron chi connectivity index (χ0n) is 35.4. The van der Waals surface area contributed by atoms with Gasteiger partial charge in [-0.1, -0.05) is 191 Å². The van der Waals surface area contributed by atoms with Crippen LogP contribution in [0.5, 0.6) is 0 Å². The zero-order chi connectivity index (χ0) is 41.7. The Hall–Kier alpha value is -7.42. The van der Waals surface area contributed by atoms with Gasteiger partial charge in [0.05, 0.1) is 11.4 Å². The summed E-state index contributed by atoms with van der Waals surface area (Å²) in [4.78, 5) is 10.5. The molecule has 12 rings (SSSR count). The molecule has 0 saturated carbocycles. The van der Waals surface area contributed by atoms with Crippen molar-refractivity contribution in [2.45, 2.75) is 38.5 Å². The van der Waals surface area contributed by atoms with Gasteiger partial charge in [-0.25, -0.2) is 9.97 Å². The molecule has 0 N–H and O–H groups in total. The lowest BCUT2D eigenvalue weighted by molar-refractivity contribution is 0.661. The number of hydrogen-bond acceptors (Lipinski definition) is 2. The monoisotopic (exact) mass is 792 g/mol. The summed E-state index contributed by atoms with van der Waals surface area (Å²) in [5.41, 5.74) is 20.4. The molecule has 0 aliphatic heterocycles. The molecule has 0 saturated heterocycles. The SMILES string of the molecule is CC1(C)c2cc3ccccc3cc2-c2c(-c3ccc(-c4cc(-c5cccc(-c6cc7c(c8ccccc68)-c6ccccc6C7(C)C)c5)nc(-c5ccccc5)n4)cc3)cccc21. The van der Waals surface area contributed by atoms with Crippen molar-refractivity contribution in [2.24, 2.45) is 0 Å². The number of aromatic nitrogens is 2. The fourth-order valence-electron chi connectivity index (χ4n) is 10.6. The molecule has 0 bridgehead atoms. The first-order chi connectivity index (χ1) is 30.2. The molecule has 2 nitrogen and oxygen atoms in total. The Kier molecular flexibility index (Phi) is 7.96. The molecule has 9 aromatic carbocycles. The minimum Gasteiger partial charge on any atom is -0.228 e. The van der Waals surface area contributed by atoms with Crippen LogP contribution in [0.2, 0.25) is 0 Å². The molecule has 1 heterocycles. The summed E-state index contributed by atoms with van der Waals surface area (Å²) in [6, 6.07) is 71.0. The minimum absolute atomic E-state index is 0.0940. The molecule has 2 aliphatic rings. The fraction of sp³-hybridized carbons (Fsp3) is 0.100. The van der Waals surface area contributed by atoms with E-state index in [1.54, 1.807) is 0 Å². The zero-order valence-corrected chi connectivity index (χ0v) is 35.4.